The number of rotatable bonds is 5. The highest BCUT2D eigenvalue weighted by molar-refractivity contribution is 5.95. The number of hydrogen-bond acceptors (Lipinski definition) is 7. The second kappa shape index (κ2) is 7.68. The van der Waals surface area contributed by atoms with Crippen molar-refractivity contribution >= 4 is 17.5 Å². The lowest BCUT2D eigenvalue weighted by Gasteiger charge is -2.09. The zero-order valence-corrected chi connectivity index (χ0v) is 11.1. The number of benzene rings is 1. The molecule has 0 saturated carbocycles. The van der Waals surface area contributed by atoms with E-state index in [2.05, 4.69) is 9.99 Å². The van der Waals surface area contributed by atoms with Gasteiger partial charge in [0.05, 0.1) is 25.2 Å². The first kappa shape index (κ1) is 18.2. The highest BCUT2D eigenvalue weighted by atomic mass is 16.7. The Morgan fingerprint density at radius 3 is 2.24 bits per heavy atom. The highest BCUT2D eigenvalue weighted by Gasteiger charge is 2.26. The van der Waals surface area contributed by atoms with Crippen LogP contribution in [-0.2, 0) is 4.84 Å². The summed E-state index contributed by atoms with van der Waals surface area (Å²) in [6.07, 6.45) is 0. The van der Waals surface area contributed by atoms with Crippen LogP contribution in [0.3, 0.4) is 0 Å². The van der Waals surface area contributed by atoms with Crippen molar-refractivity contribution < 1.29 is 24.0 Å². The number of ether oxygens (including phenoxy) is 2. The van der Waals surface area contributed by atoms with Crippen molar-refractivity contribution in [2.24, 2.45) is 10.9 Å². The molecule has 0 fully saturated rings. The van der Waals surface area contributed by atoms with Gasteiger partial charge in [0.15, 0.2) is 11.5 Å². The van der Waals surface area contributed by atoms with Gasteiger partial charge in [-0.05, 0) is 6.92 Å². The fourth-order valence-corrected chi connectivity index (χ4v) is 1.35. The van der Waals surface area contributed by atoms with Crippen LogP contribution in [0, 0.1) is 10.1 Å². The molecule has 0 aliphatic heterocycles. The molecule has 21 heavy (non-hydrogen) atoms. The summed E-state index contributed by atoms with van der Waals surface area (Å²) in [5.41, 5.74) is 4.40. The van der Waals surface area contributed by atoms with Crippen LogP contribution >= 0.6 is 0 Å². The molecule has 2 N–H and O–H groups in total. The molecule has 0 bridgehead atoms. The number of nitro benzene ring substituents is 1. The van der Waals surface area contributed by atoms with Gasteiger partial charge in [0.1, 0.15) is 11.4 Å². The van der Waals surface area contributed by atoms with E-state index in [0.29, 0.717) is 0 Å². The standard InChI is InChI=1S/C11H13N3O6.CH4/c1-6(12)13-20-11(15)7-4-9(18-2)10(19-3)5-8(7)14(16)17;/h4-5H,1-3H3,(H2,12,13);1H4. The number of nitrogens with zero attached hydrogens (tertiary/aromatic N) is 2. The minimum atomic E-state index is -1.03. The van der Waals surface area contributed by atoms with Crippen LogP contribution in [-0.4, -0.2) is 30.9 Å². The maximum Gasteiger partial charge on any atom is 0.372 e. The molecule has 1 aromatic rings. The average Bonchev–Trinajstić information content (AvgIpc) is 2.42. The Bertz CT molecular complexity index is 566. The molecule has 0 heterocycles. The lowest BCUT2D eigenvalue weighted by atomic mass is 10.1. The summed E-state index contributed by atoms with van der Waals surface area (Å²) in [6.45, 7) is 1.40. The van der Waals surface area contributed by atoms with Crippen LogP contribution < -0.4 is 15.2 Å². The number of nitro groups is 1. The molecule has 0 unspecified atom stereocenters. The van der Waals surface area contributed by atoms with E-state index in [4.69, 9.17) is 15.2 Å². The van der Waals surface area contributed by atoms with Gasteiger partial charge < -0.3 is 20.0 Å². The van der Waals surface area contributed by atoms with Gasteiger partial charge in [-0.25, -0.2) is 4.79 Å². The van der Waals surface area contributed by atoms with Gasteiger partial charge in [0, 0.05) is 6.07 Å². The molecule has 0 radical (unpaired) electrons. The summed E-state index contributed by atoms with van der Waals surface area (Å²) in [6, 6.07) is 2.20. The molecule has 9 nitrogen and oxygen atoms in total. The Labute approximate surface area is 121 Å². The van der Waals surface area contributed by atoms with Gasteiger partial charge in [0.25, 0.3) is 5.69 Å². The van der Waals surface area contributed by atoms with Gasteiger partial charge in [-0.3, -0.25) is 10.1 Å². The fourth-order valence-electron chi connectivity index (χ4n) is 1.35. The fraction of sp³-hybridized carbons (Fsp3) is 0.333. The number of carbonyl (C=O) groups is 1. The van der Waals surface area contributed by atoms with Crippen LogP contribution in [0.15, 0.2) is 17.3 Å². The van der Waals surface area contributed by atoms with Crippen LogP contribution in [0.1, 0.15) is 24.7 Å². The first-order valence-corrected chi connectivity index (χ1v) is 5.32. The van der Waals surface area contributed by atoms with Crippen molar-refractivity contribution in [3.05, 3.63) is 27.8 Å². The lowest BCUT2D eigenvalue weighted by Crippen LogP contribution is -2.11. The van der Waals surface area contributed by atoms with E-state index in [9.17, 15) is 14.9 Å². The van der Waals surface area contributed by atoms with Crippen molar-refractivity contribution in [2.45, 2.75) is 14.4 Å². The van der Waals surface area contributed by atoms with Crippen LogP contribution in [0.5, 0.6) is 11.5 Å². The van der Waals surface area contributed by atoms with E-state index in [1.54, 1.807) is 0 Å². The SMILES string of the molecule is C.COc1cc(C(=O)O/N=C(\C)N)c([N+](=O)[O-])cc1OC. The third-order valence-corrected chi connectivity index (χ3v) is 2.19. The largest absolute Gasteiger partial charge is 0.493 e. The lowest BCUT2D eigenvalue weighted by molar-refractivity contribution is -0.385. The van der Waals surface area contributed by atoms with Gasteiger partial charge in [-0.2, -0.15) is 0 Å². The van der Waals surface area contributed by atoms with Crippen molar-refractivity contribution in [3.8, 4) is 11.5 Å². The van der Waals surface area contributed by atoms with Gasteiger partial charge in [-0.1, -0.05) is 12.6 Å². The van der Waals surface area contributed by atoms with E-state index in [-0.39, 0.29) is 30.3 Å². The number of methoxy groups -OCH3 is 2. The maximum atomic E-state index is 11.8. The molecule has 0 atom stereocenters. The molecule has 0 aromatic heterocycles. The van der Waals surface area contributed by atoms with E-state index in [0.717, 1.165) is 12.1 Å². The third kappa shape index (κ3) is 4.34. The quantitative estimate of drug-likeness (QED) is 0.288. The monoisotopic (exact) mass is 299 g/mol. The normalized spacial score (nSPS) is 10.3. The third-order valence-electron chi connectivity index (χ3n) is 2.19. The number of oxime groups is 1. The summed E-state index contributed by atoms with van der Waals surface area (Å²) in [5, 5.41) is 14.2. The van der Waals surface area contributed by atoms with Gasteiger partial charge >= 0.3 is 5.97 Å². The smallest absolute Gasteiger partial charge is 0.372 e. The molecular weight excluding hydrogens is 282 g/mol. The molecule has 0 aliphatic rings. The first-order valence-electron chi connectivity index (χ1n) is 5.32. The van der Waals surface area contributed by atoms with E-state index in [1.165, 1.54) is 21.1 Å². The zero-order valence-electron chi connectivity index (χ0n) is 11.1. The first-order chi connectivity index (χ1) is 9.40. The van der Waals surface area contributed by atoms with Crippen LogP contribution in [0.25, 0.3) is 0 Å². The van der Waals surface area contributed by atoms with E-state index >= 15 is 0 Å². The van der Waals surface area contributed by atoms with Crippen molar-refractivity contribution in [1.29, 1.82) is 0 Å². The Morgan fingerprint density at radius 1 is 1.29 bits per heavy atom. The summed E-state index contributed by atoms with van der Waals surface area (Å²) >= 11 is 0. The Balaban J connectivity index is 0.00000400. The molecule has 1 rings (SSSR count). The van der Waals surface area contributed by atoms with Crippen LogP contribution in [0.4, 0.5) is 5.69 Å². The number of amidine groups is 1. The zero-order chi connectivity index (χ0) is 15.3. The van der Waals surface area contributed by atoms with Crippen molar-refractivity contribution in [2.75, 3.05) is 14.2 Å². The highest BCUT2D eigenvalue weighted by Crippen LogP contribution is 2.34. The second-order valence-corrected chi connectivity index (χ2v) is 3.59. The Hall–Kier alpha value is -2.84. The summed E-state index contributed by atoms with van der Waals surface area (Å²) < 4.78 is 9.90. The second-order valence-electron chi connectivity index (χ2n) is 3.59. The minimum absolute atomic E-state index is 0. The van der Waals surface area contributed by atoms with Gasteiger partial charge in [0.2, 0.25) is 0 Å². The molecule has 0 spiro atoms. The number of nitrogens with two attached hydrogens (primary N) is 1. The molecule has 9 heteroatoms. The summed E-state index contributed by atoms with van der Waals surface area (Å²) in [7, 11) is 2.66. The topological polar surface area (TPSA) is 126 Å². The summed E-state index contributed by atoms with van der Waals surface area (Å²) in [5.74, 6) is -0.753. The van der Waals surface area contributed by atoms with Gasteiger partial charge in [-0.15, -0.1) is 0 Å². The van der Waals surface area contributed by atoms with Crippen LogP contribution in [0.2, 0.25) is 0 Å². The number of carbonyl (C=O) groups excluding carboxylic acids is 1. The predicted octanol–water partition coefficient (Wildman–Crippen LogP) is 1.70. The molecule has 0 amide bonds. The van der Waals surface area contributed by atoms with Crippen molar-refractivity contribution in [3.63, 3.8) is 0 Å². The van der Waals surface area contributed by atoms with E-state index in [1.807, 2.05) is 0 Å². The molecule has 0 saturated heterocycles. The maximum absolute atomic E-state index is 11.8. The molecule has 116 valence electrons. The Morgan fingerprint density at radius 2 is 1.81 bits per heavy atom. The average molecular weight is 299 g/mol. The molecular formula is C12H17N3O6. The minimum Gasteiger partial charge on any atom is -0.493 e. The van der Waals surface area contributed by atoms with E-state index < -0.39 is 16.6 Å². The predicted molar refractivity (Wildman–Crippen MR) is 75.6 cm³/mol. The summed E-state index contributed by atoms with van der Waals surface area (Å²) in [4.78, 5) is 26.5. The number of hydrogen-bond donors (Lipinski definition) is 1. The van der Waals surface area contributed by atoms with Crippen molar-refractivity contribution in [1.82, 2.24) is 0 Å². The molecule has 0 aliphatic carbocycles. The molecule has 1 aromatic carbocycles. The Kier molecular flexibility index (Phi) is 6.64.